The van der Waals surface area contributed by atoms with Gasteiger partial charge in [-0.15, -0.1) is 0 Å². The minimum atomic E-state index is -0.507. The first kappa shape index (κ1) is 20.1. The van der Waals surface area contributed by atoms with Crippen LogP contribution in [0.3, 0.4) is 0 Å². The highest BCUT2D eigenvalue weighted by molar-refractivity contribution is 6.30. The maximum absolute atomic E-state index is 13.4. The van der Waals surface area contributed by atoms with Crippen LogP contribution in [0.2, 0.25) is 5.02 Å². The van der Waals surface area contributed by atoms with E-state index in [9.17, 15) is 14.0 Å². The molecule has 0 fully saturated rings. The third kappa shape index (κ3) is 4.31. The Morgan fingerprint density at radius 2 is 2.00 bits per heavy atom. The molecule has 1 heterocycles. The summed E-state index contributed by atoms with van der Waals surface area (Å²) >= 11 is 5.84. The van der Waals surface area contributed by atoms with Gasteiger partial charge in [-0.25, -0.2) is 4.39 Å². The molecular formula is C19H22ClFN2O3. The van der Waals surface area contributed by atoms with Gasteiger partial charge in [0.1, 0.15) is 11.5 Å². The molecule has 0 radical (unpaired) electrons. The van der Waals surface area contributed by atoms with Crippen molar-refractivity contribution in [2.24, 2.45) is 0 Å². The van der Waals surface area contributed by atoms with E-state index in [1.165, 1.54) is 19.1 Å². The van der Waals surface area contributed by atoms with Gasteiger partial charge in [-0.3, -0.25) is 9.59 Å². The molecule has 0 saturated heterocycles. The number of Topliss-reactive ketones (excluding diaryl/α,β-unsaturated/α-hetero) is 1. The standard InChI is InChI=1S/C19H22ClFN2O3/c1-11-17(13(3)24)12(2)22-18(11)19(25)23(7-8-26-4)10-14-5-6-16(21)15(20)9-14/h5-6,9,22H,7-8,10H2,1-4H3. The van der Waals surface area contributed by atoms with E-state index in [0.717, 1.165) is 0 Å². The normalized spacial score (nSPS) is 10.8. The zero-order chi connectivity index (χ0) is 19.4. The fourth-order valence-electron chi connectivity index (χ4n) is 2.96. The van der Waals surface area contributed by atoms with Gasteiger partial charge in [0.05, 0.1) is 11.6 Å². The number of carbonyl (C=O) groups excluding carboxylic acids is 2. The van der Waals surface area contributed by atoms with Crippen LogP contribution in [0.5, 0.6) is 0 Å². The Kier molecular flexibility index (Phi) is 6.56. The van der Waals surface area contributed by atoms with Gasteiger partial charge in [-0.05, 0) is 44.0 Å². The van der Waals surface area contributed by atoms with E-state index in [1.807, 2.05) is 0 Å². The summed E-state index contributed by atoms with van der Waals surface area (Å²) < 4.78 is 18.5. The number of benzene rings is 1. The number of hydrogen-bond acceptors (Lipinski definition) is 3. The van der Waals surface area contributed by atoms with Crippen LogP contribution in [0.15, 0.2) is 18.2 Å². The Bertz CT molecular complexity index is 832. The quantitative estimate of drug-likeness (QED) is 0.740. The van der Waals surface area contributed by atoms with Crippen LogP contribution >= 0.6 is 11.6 Å². The molecule has 1 amide bonds. The number of aromatic nitrogens is 1. The van der Waals surface area contributed by atoms with Crippen molar-refractivity contribution in [3.05, 3.63) is 57.1 Å². The molecule has 2 aromatic rings. The number of nitrogens with zero attached hydrogens (tertiary/aromatic N) is 1. The fourth-order valence-corrected chi connectivity index (χ4v) is 3.17. The second-order valence-corrected chi connectivity index (χ2v) is 6.56. The number of methoxy groups -OCH3 is 1. The van der Waals surface area contributed by atoms with Crippen molar-refractivity contribution in [2.75, 3.05) is 20.3 Å². The van der Waals surface area contributed by atoms with Crippen molar-refractivity contribution >= 4 is 23.3 Å². The molecule has 0 aliphatic rings. The smallest absolute Gasteiger partial charge is 0.270 e. The van der Waals surface area contributed by atoms with Gasteiger partial charge in [0.15, 0.2) is 5.78 Å². The van der Waals surface area contributed by atoms with Crippen LogP contribution in [0.4, 0.5) is 4.39 Å². The topological polar surface area (TPSA) is 62.4 Å². The number of amides is 1. The predicted octanol–water partition coefficient (Wildman–Crippen LogP) is 3.92. The average molecular weight is 381 g/mol. The highest BCUT2D eigenvalue weighted by Crippen LogP contribution is 2.22. The van der Waals surface area contributed by atoms with E-state index in [0.29, 0.717) is 41.2 Å². The maximum atomic E-state index is 13.4. The lowest BCUT2D eigenvalue weighted by molar-refractivity contribution is 0.0674. The molecule has 1 aromatic carbocycles. The number of aryl methyl sites for hydroxylation is 1. The first-order valence-electron chi connectivity index (χ1n) is 8.18. The molecule has 0 unspecified atom stereocenters. The lowest BCUT2D eigenvalue weighted by atomic mass is 10.1. The number of rotatable bonds is 7. The molecular weight excluding hydrogens is 359 g/mol. The van der Waals surface area contributed by atoms with E-state index in [1.54, 1.807) is 31.9 Å². The number of hydrogen-bond donors (Lipinski definition) is 1. The molecule has 0 bridgehead atoms. The number of ether oxygens (including phenoxy) is 1. The number of nitrogens with one attached hydrogen (secondary N) is 1. The Balaban J connectivity index is 2.34. The summed E-state index contributed by atoms with van der Waals surface area (Å²) in [6.07, 6.45) is 0. The van der Waals surface area contributed by atoms with Crippen molar-refractivity contribution in [1.29, 1.82) is 0 Å². The molecule has 2 rings (SSSR count). The molecule has 1 aromatic heterocycles. The Morgan fingerprint density at radius 3 is 2.54 bits per heavy atom. The lowest BCUT2D eigenvalue weighted by Gasteiger charge is -2.22. The monoisotopic (exact) mass is 380 g/mol. The van der Waals surface area contributed by atoms with Crippen LogP contribution in [0.1, 0.15) is 44.6 Å². The largest absolute Gasteiger partial charge is 0.383 e. The summed E-state index contributed by atoms with van der Waals surface area (Å²) in [5, 5.41) is 0.00686. The first-order valence-corrected chi connectivity index (χ1v) is 8.56. The molecule has 26 heavy (non-hydrogen) atoms. The van der Waals surface area contributed by atoms with Gasteiger partial charge < -0.3 is 14.6 Å². The van der Waals surface area contributed by atoms with Crippen LogP contribution < -0.4 is 0 Å². The number of H-pyrrole nitrogens is 1. The van der Waals surface area contributed by atoms with Gasteiger partial charge >= 0.3 is 0 Å². The maximum Gasteiger partial charge on any atom is 0.270 e. The van der Waals surface area contributed by atoms with Crippen molar-refractivity contribution in [2.45, 2.75) is 27.3 Å². The Hall–Kier alpha value is -2.18. The Labute approximate surface area is 157 Å². The molecule has 0 aliphatic carbocycles. The van der Waals surface area contributed by atoms with Gasteiger partial charge in [-0.1, -0.05) is 17.7 Å². The lowest BCUT2D eigenvalue weighted by Crippen LogP contribution is -2.34. The van der Waals surface area contributed by atoms with Gasteiger partial charge in [0.2, 0.25) is 0 Å². The van der Waals surface area contributed by atoms with Crippen molar-refractivity contribution in [3.63, 3.8) is 0 Å². The van der Waals surface area contributed by atoms with E-state index < -0.39 is 5.82 Å². The zero-order valence-electron chi connectivity index (χ0n) is 15.3. The summed E-state index contributed by atoms with van der Waals surface area (Å²) in [5.41, 5.74) is 2.89. The summed E-state index contributed by atoms with van der Waals surface area (Å²) in [4.78, 5) is 29.4. The summed E-state index contributed by atoms with van der Waals surface area (Å²) in [7, 11) is 1.55. The number of halogens is 2. The van der Waals surface area contributed by atoms with Crippen LogP contribution in [0, 0.1) is 19.7 Å². The predicted molar refractivity (Wildman–Crippen MR) is 98.3 cm³/mol. The zero-order valence-corrected chi connectivity index (χ0v) is 16.0. The van der Waals surface area contributed by atoms with E-state index in [4.69, 9.17) is 16.3 Å². The third-order valence-corrected chi connectivity index (χ3v) is 4.50. The molecule has 0 aliphatic heterocycles. The number of ketones is 1. The first-order chi connectivity index (χ1) is 12.3. The second kappa shape index (κ2) is 8.47. The van der Waals surface area contributed by atoms with Crippen LogP contribution in [-0.4, -0.2) is 41.8 Å². The fraction of sp³-hybridized carbons (Fsp3) is 0.368. The minimum absolute atomic E-state index is 0.00686. The second-order valence-electron chi connectivity index (χ2n) is 6.15. The van der Waals surface area contributed by atoms with Crippen molar-refractivity contribution < 1.29 is 18.7 Å². The number of carbonyl (C=O) groups is 2. The molecule has 0 saturated carbocycles. The SMILES string of the molecule is COCCN(Cc1ccc(F)c(Cl)c1)C(=O)c1[nH]c(C)c(C(C)=O)c1C. The average Bonchev–Trinajstić information content (AvgIpc) is 2.88. The summed E-state index contributed by atoms with van der Waals surface area (Å²) in [5.74, 6) is -0.855. The van der Waals surface area contributed by atoms with E-state index in [-0.39, 0.29) is 23.3 Å². The van der Waals surface area contributed by atoms with Crippen LogP contribution in [-0.2, 0) is 11.3 Å². The molecule has 0 atom stereocenters. The van der Waals surface area contributed by atoms with Crippen molar-refractivity contribution in [1.82, 2.24) is 9.88 Å². The number of aromatic amines is 1. The van der Waals surface area contributed by atoms with Crippen LogP contribution in [0.25, 0.3) is 0 Å². The molecule has 140 valence electrons. The molecule has 0 spiro atoms. The Morgan fingerprint density at radius 1 is 1.31 bits per heavy atom. The molecule has 1 N–H and O–H groups in total. The summed E-state index contributed by atoms with van der Waals surface area (Å²) in [6, 6.07) is 4.36. The van der Waals surface area contributed by atoms with E-state index in [2.05, 4.69) is 4.98 Å². The highest BCUT2D eigenvalue weighted by Gasteiger charge is 2.24. The highest BCUT2D eigenvalue weighted by atomic mass is 35.5. The summed E-state index contributed by atoms with van der Waals surface area (Å²) in [6.45, 7) is 5.92. The van der Waals surface area contributed by atoms with Gasteiger partial charge in [0, 0.05) is 31.5 Å². The molecule has 7 heteroatoms. The van der Waals surface area contributed by atoms with E-state index >= 15 is 0 Å². The molecule has 5 nitrogen and oxygen atoms in total. The minimum Gasteiger partial charge on any atom is -0.383 e. The van der Waals surface area contributed by atoms with Crippen molar-refractivity contribution in [3.8, 4) is 0 Å². The third-order valence-electron chi connectivity index (χ3n) is 4.21. The van der Waals surface area contributed by atoms with Gasteiger partial charge in [-0.2, -0.15) is 0 Å². The van der Waals surface area contributed by atoms with Gasteiger partial charge in [0.25, 0.3) is 5.91 Å².